The summed E-state index contributed by atoms with van der Waals surface area (Å²) in [5.41, 5.74) is 1.45. The van der Waals surface area contributed by atoms with Crippen molar-refractivity contribution < 1.29 is 9.59 Å². The van der Waals surface area contributed by atoms with Crippen LogP contribution >= 0.6 is 0 Å². The maximum atomic E-state index is 12.8. The molecule has 4 rings (SSSR count). The topological polar surface area (TPSA) is 111 Å². The molecule has 3 heterocycles. The highest BCUT2D eigenvalue weighted by atomic mass is 16.2. The smallest absolute Gasteiger partial charge is 0.247 e. The number of hydrogen-bond donors (Lipinski definition) is 1. The molecule has 2 amide bonds. The quantitative estimate of drug-likeness (QED) is 0.703. The van der Waals surface area contributed by atoms with Crippen molar-refractivity contribution in [2.24, 2.45) is 0 Å². The van der Waals surface area contributed by atoms with Gasteiger partial charge in [0.05, 0.1) is 12.0 Å². The van der Waals surface area contributed by atoms with Crippen LogP contribution < -0.4 is 5.32 Å². The number of carbonyl (C=O) groups excluding carboxylic acids is 2. The Bertz CT molecular complexity index is 921. The Hall–Kier alpha value is -3.56. The number of rotatable bonds is 5. The second-order valence-electron chi connectivity index (χ2n) is 6.62. The molecule has 28 heavy (non-hydrogen) atoms. The molecule has 10 nitrogen and oxygen atoms in total. The van der Waals surface area contributed by atoms with E-state index >= 15 is 0 Å². The van der Waals surface area contributed by atoms with Gasteiger partial charge in [-0.1, -0.05) is 0 Å². The van der Waals surface area contributed by atoms with Gasteiger partial charge in [-0.15, -0.1) is 5.10 Å². The minimum absolute atomic E-state index is 0.0770. The first-order chi connectivity index (χ1) is 13.7. The third-order valence-electron chi connectivity index (χ3n) is 4.75. The molecule has 1 atom stereocenters. The highest BCUT2D eigenvalue weighted by molar-refractivity contribution is 5.97. The van der Waals surface area contributed by atoms with Crippen molar-refractivity contribution in [3.63, 3.8) is 0 Å². The maximum absolute atomic E-state index is 12.8. The van der Waals surface area contributed by atoms with Gasteiger partial charge in [-0.2, -0.15) is 0 Å². The van der Waals surface area contributed by atoms with Crippen LogP contribution in [0.2, 0.25) is 0 Å². The Morgan fingerprint density at radius 1 is 1.14 bits per heavy atom. The molecule has 0 spiro atoms. The molecule has 0 bridgehead atoms. The monoisotopic (exact) mass is 380 g/mol. The third kappa shape index (κ3) is 3.90. The molecule has 3 aromatic rings. The summed E-state index contributed by atoms with van der Waals surface area (Å²) in [5, 5.41) is 13.9. The van der Waals surface area contributed by atoms with Crippen molar-refractivity contribution in [2.75, 3.05) is 11.9 Å². The van der Waals surface area contributed by atoms with Gasteiger partial charge in [0, 0.05) is 24.6 Å². The van der Waals surface area contributed by atoms with Crippen LogP contribution in [0.3, 0.4) is 0 Å². The zero-order chi connectivity index (χ0) is 19.3. The predicted octanol–water partition coefficient (Wildman–Crippen LogP) is 0.879. The Morgan fingerprint density at radius 2 is 2.00 bits per heavy atom. The number of imidazole rings is 1. The van der Waals surface area contributed by atoms with Gasteiger partial charge >= 0.3 is 0 Å². The van der Waals surface area contributed by atoms with E-state index in [1.807, 2.05) is 12.1 Å². The molecule has 0 aliphatic carbocycles. The zero-order valence-corrected chi connectivity index (χ0v) is 15.2. The molecule has 0 unspecified atom stereocenters. The lowest BCUT2D eigenvalue weighted by Gasteiger charge is -2.34. The molecule has 144 valence electrons. The number of likely N-dealkylation sites (tertiary alicyclic amines) is 1. The maximum Gasteiger partial charge on any atom is 0.247 e. The van der Waals surface area contributed by atoms with Gasteiger partial charge in [0.25, 0.3) is 0 Å². The van der Waals surface area contributed by atoms with Gasteiger partial charge in [0.1, 0.15) is 18.9 Å². The van der Waals surface area contributed by atoms with Crippen molar-refractivity contribution in [1.82, 2.24) is 34.7 Å². The Kier molecular flexibility index (Phi) is 5.09. The van der Waals surface area contributed by atoms with Crippen LogP contribution in [0.25, 0.3) is 5.69 Å². The lowest BCUT2D eigenvalue weighted by atomic mass is 10.0. The number of benzene rings is 1. The standard InChI is InChI=1S/C18H20N8O2/c27-17(11-24-10-8-19-12-24)25-9-2-1-3-16(25)18(28)21-14-4-6-15(7-5-14)26-13-20-22-23-26/h4-8,10,12-13,16H,1-3,9,11H2,(H,21,28)/t16-/m1/s1. The van der Waals surface area contributed by atoms with Crippen LogP contribution in [0.1, 0.15) is 19.3 Å². The summed E-state index contributed by atoms with van der Waals surface area (Å²) in [6.45, 7) is 0.772. The first-order valence-electron chi connectivity index (χ1n) is 9.10. The summed E-state index contributed by atoms with van der Waals surface area (Å²) in [7, 11) is 0. The van der Waals surface area contributed by atoms with E-state index in [2.05, 4.69) is 25.8 Å². The number of anilines is 1. The highest BCUT2D eigenvalue weighted by Crippen LogP contribution is 2.20. The van der Waals surface area contributed by atoms with Gasteiger partial charge in [0.15, 0.2) is 0 Å². The second-order valence-corrected chi connectivity index (χ2v) is 6.62. The minimum Gasteiger partial charge on any atom is -0.329 e. The lowest BCUT2D eigenvalue weighted by molar-refractivity contribution is -0.140. The summed E-state index contributed by atoms with van der Waals surface area (Å²) < 4.78 is 3.24. The number of tetrazole rings is 1. The largest absolute Gasteiger partial charge is 0.329 e. The highest BCUT2D eigenvalue weighted by Gasteiger charge is 2.32. The summed E-state index contributed by atoms with van der Waals surface area (Å²) in [5.74, 6) is -0.249. The van der Waals surface area contributed by atoms with Crippen LogP contribution in [-0.4, -0.2) is 59.1 Å². The van der Waals surface area contributed by atoms with E-state index < -0.39 is 6.04 Å². The Morgan fingerprint density at radius 3 is 2.71 bits per heavy atom. The van der Waals surface area contributed by atoms with Crippen molar-refractivity contribution in [3.8, 4) is 5.69 Å². The van der Waals surface area contributed by atoms with E-state index in [9.17, 15) is 9.59 Å². The lowest BCUT2D eigenvalue weighted by Crippen LogP contribution is -2.50. The first kappa shape index (κ1) is 17.8. The number of aromatic nitrogens is 6. The van der Waals surface area contributed by atoms with Crippen molar-refractivity contribution in [3.05, 3.63) is 49.3 Å². The van der Waals surface area contributed by atoms with Gasteiger partial charge in [0.2, 0.25) is 11.8 Å². The van der Waals surface area contributed by atoms with E-state index in [-0.39, 0.29) is 18.4 Å². The summed E-state index contributed by atoms with van der Waals surface area (Å²) >= 11 is 0. The number of piperidine rings is 1. The van der Waals surface area contributed by atoms with Crippen LogP contribution in [0.5, 0.6) is 0 Å². The number of nitrogens with one attached hydrogen (secondary N) is 1. The molecule has 0 radical (unpaired) electrons. The molecular formula is C18H20N8O2. The number of carbonyl (C=O) groups is 2. The molecule has 1 aliphatic rings. The van der Waals surface area contributed by atoms with E-state index in [1.54, 1.807) is 40.3 Å². The van der Waals surface area contributed by atoms with Crippen molar-refractivity contribution in [2.45, 2.75) is 31.8 Å². The van der Waals surface area contributed by atoms with Crippen molar-refractivity contribution >= 4 is 17.5 Å². The van der Waals surface area contributed by atoms with E-state index in [0.717, 1.165) is 18.5 Å². The predicted molar refractivity (Wildman–Crippen MR) is 99.4 cm³/mol. The number of nitrogens with zero attached hydrogens (tertiary/aromatic N) is 7. The summed E-state index contributed by atoms with van der Waals surface area (Å²) in [4.78, 5) is 31.2. The minimum atomic E-state index is -0.469. The van der Waals surface area contributed by atoms with Gasteiger partial charge in [-0.05, 0) is 54.0 Å². The average molecular weight is 380 g/mol. The molecule has 2 aromatic heterocycles. The van der Waals surface area contributed by atoms with Gasteiger partial charge in [-0.3, -0.25) is 9.59 Å². The normalized spacial score (nSPS) is 16.7. The molecular weight excluding hydrogens is 360 g/mol. The van der Waals surface area contributed by atoms with Crippen LogP contribution in [0.15, 0.2) is 49.3 Å². The third-order valence-corrected chi connectivity index (χ3v) is 4.75. The van der Waals surface area contributed by atoms with Gasteiger partial charge in [-0.25, -0.2) is 9.67 Å². The number of hydrogen-bond acceptors (Lipinski definition) is 6. The summed E-state index contributed by atoms with van der Waals surface area (Å²) in [6.07, 6.45) is 8.95. The summed E-state index contributed by atoms with van der Waals surface area (Å²) in [6, 6.07) is 6.73. The molecule has 1 N–H and O–H groups in total. The fraction of sp³-hybridized carbons (Fsp3) is 0.333. The van der Waals surface area contributed by atoms with Crippen LogP contribution in [-0.2, 0) is 16.1 Å². The van der Waals surface area contributed by atoms with E-state index in [1.165, 1.54) is 11.0 Å². The Labute approximate surface area is 161 Å². The fourth-order valence-corrected chi connectivity index (χ4v) is 3.33. The molecule has 1 fully saturated rings. The van der Waals surface area contributed by atoms with E-state index in [4.69, 9.17) is 0 Å². The second kappa shape index (κ2) is 7.99. The SMILES string of the molecule is O=C(Nc1ccc(-n2cnnn2)cc1)[C@H]1CCCCN1C(=O)Cn1ccnc1. The molecule has 1 aliphatic heterocycles. The van der Waals surface area contributed by atoms with Crippen molar-refractivity contribution in [1.29, 1.82) is 0 Å². The first-order valence-corrected chi connectivity index (χ1v) is 9.10. The average Bonchev–Trinajstić information content (AvgIpc) is 3.43. The van der Waals surface area contributed by atoms with Crippen LogP contribution in [0.4, 0.5) is 5.69 Å². The van der Waals surface area contributed by atoms with E-state index in [0.29, 0.717) is 18.7 Å². The molecule has 1 aromatic carbocycles. The number of amides is 2. The molecule has 0 saturated carbocycles. The fourth-order valence-electron chi connectivity index (χ4n) is 3.33. The Balaban J connectivity index is 1.42. The molecule has 1 saturated heterocycles. The molecule has 10 heteroatoms. The van der Waals surface area contributed by atoms with Gasteiger partial charge < -0.3 is 14.8 Å². The zero-order valence-electron chi connectivity index (χ0n) is 15.2. The van der Waals surface area contributed by atoms with Crippen LogP contribution in [0, 0.1) is 0 Å².